The number of nitrogens with one attached hydrogen (secondary N) is 1. The molecule has 0 heterocycles. The Balaban J connectivity index is 1.64. The smallest absolute Gasteiger partial charge is 0.339 e. The van der Waals surface area contributed by atoms with E-state index in [1.165, 1.54) is 62.8 Å². The quantitative estimate of drug-likeness (QED) is 0.486. The molecule has 31 heavy (non-hydrogen) atoms. The van der Waals surface area contributed by atoms with Crippen molar-refractivity contribution >= 4 is 20.1 Å². The van der Waals surface area contributed by atoms with Crippen LogP contribution < -0.4 is 18.4 Å². The molecule has 0 fully saturated rings. The monoisotopic (exact) mass is 463 g/mol. The van der Waals surface area contributed by atoms with E-state index in [9.17, 15) is 16.8 Å². The van der Waals surface area contributed by atoms with E-state index in [1.807, 2.05) is 0 Å². The van der Waals surface area contributed by atoms with Crippen LogP contribution in [0, 0.1) is 0 Å². The fourth-order valence-corrected chi connectivity index (χ4v) is 4.54. The van der Waals surface area contributed by atoms with Gasteiger partial charge in [0.05, 0.1) is 19.1 Å². The lowest BCUT2D eigenvalue weighted by atomic mass is 10.2. The van der Waals surface area contributed by atoms with Gasteiger partial charge in [0, 0.05) is 6.54 Å². The second kappa shape index (κ2) is 9.38. The van der Waals surface area contributed by atoms with Gasteiger partial charge in [-0.3, -0.25) is 0 Å². The van der Waals surface area contributed by atoms with E-state index in [0.29, 0.717) is 17.1 Å². The molecule has 3 aromatic rings. The number of rotatable bonds is 9. The van der Waals surface area contributed by atoms with Gasteiger partial charge in [-0.25, -0.2) is 13.1 Å². The van der Waals surface area contributed by atoms with Gasteiger partial charge in [0.15, 0.2) is 0 Å². The summed E-state index contributed by atoms with van der Waals surface area (Å²) < 4.78 is 67.2. The molecule has 0 aliphatic carbocycles. The predicted octanol–water partition coefficient (Wildman–Crippen LogP) is 2.95. The van der Waals surface area contributed by atoms with Gasteiger partial charge in [-0.15, -0.1) is 0 Å². The van der Waals surface area contributed by atoms with Crippen LogP contribution in [0.25, 0.3) is 0 Å². The summed E-state index contributed by atoms with van der Waals surface area (Å²) in [6.45, 7) is 0.0277. The van der Waals surface area contributed by atoms with Crippen LogP contribution >= 0.6 is 0 Å². The number of methoxy groups -OCH3 is 2. The molecular formula is C21H21NO7S2. The van der Waals surface area contributed by atoms with Gasteiger partial charge < -0.3 is 13.7 Å². The van der Waals surface area contributed by atoms with Crippen molar-refractivity contribution in [1.29, 1.82) is 0 Å². The van der Waals surface area contributed by atoms with Crippen LogP contribution in [0.15, 0.2) is 82.6 Å². The van der Waals surface area contributed by atoms with Crippen molar-refractivity contribution in [3.8, 4) is 17.2 Å². The maximum atomic E-state index is 12.4. The molecule has 3 rings (SSSR count). The zero-order chi connectivity index (χ0) is 22.5. The van der Waals surface area contributed by atoms with Gasteiger partial charge >= 0.3 is 10.1 Å². The number of hydrogen-bond donors (Lipinski definition) is 1. The molecule has 0 saturated carbocycles. The molecule has 0 bridgehead atoms. The van der Waals surface area contributed by atoms with E-state index < -0.39 is 20.1 Å². The van der Waals surface area contributed by atoms with E-state index in [4.69, 9.17) is 13.7 Å². The number of benzene rings is 3. The van der Waals surface area contributed by atoms with E-state index in [1.54, 1.807) is 24.3 Å². The first kappa shape index (κ1) is 22.6. The highest BCUT2D eigenvalue weighted by Crippen LogP contribution is 2.22. The van der Waals surface area contributed by atoms with E-state index in [-0.39, 0.29) is 22.1 Å². The van der Waals surface area contributed by atoms with Gasteiger partial charge in [0.2, 0.25) is 10.0 Å². The molecule has 0 radical (unpaired) electrons. The molecule has 0 unspecified atom stereocenters. The van der Waals surface area contributed by atoms with Crippen LogP contribution in [0.3, 0.4) is 0 Å². The summed E-state index contributed by atoms with van der Waals surface area (Å²) in [4.78, 5) is 0.100. The number of ether oxygens (including phenoxy) is 2. The molecule has 0 aliphatic rings. The summed E-state index contributed by atoms with van der Waals surface area (Å²) in [6, 6.07) is 17.9. The molecule has 164 valence electrons. The molecule has 10 heteroatoms. The lowest BCUT2D eigenvalue weighted by Gasteiger charge is -2.10. The summed E-state index contributed by atoms with van der Waals surface area (Å²) in [7, 11) is -4.73. The number of hydrogen-bond acceptors (Lipinski definition) is 7. The van der Waals surface area contributed by atoms with Gasteiger partial charge in [0.25, 0.3) is 0 Å². The molecule has 8 nitrogen and oxygen atoms in total. The van der Waals surface area contributed by atoms with Gasteiger partial charge in [-0.1, -0.05) is 12.1 Å². The average molecular weight is 464 g/mol. The Morgan fingerprint density at radius 2 is 1.10 bits per heavy atom. The van der Waals surface area contributed by atoms with Crippen molar-refractivity contribution in [2.75, 3.05) is 14.2 Å². The van der Waals surface area contributed by atoms with Gasteiger partial charge in [0.1, 0.15) is 22.1 Å². The van der Waals surface area contributed by atoms with Crippen molar-refractivity contribution in [3.05, 3.63) is 78.4 Å². The Bertz CT molecular complexity index is 1220. The molecule has 1 N–H and O–H groups in total. The summed E-state index contributed by atoms with van der Waals surface area (Å²) in [5, 5.41) is 0. The van der Waals surface area contributed by atoms with Crippen molar-refractivity contribution in [2.45, 2.75) is 16.3 Å². The average Bonchev–Trinajstić information content (AvgIpc) is 2.78. The van der Waals surface area contributed by atoms with Crippen molar-refractivity contribution in [2.24, 2.45) is 0 Å². The van der Waals surface area contributed by atoms with Gasteiger partial charge in [-0.2, -0.15) is 8.42 Å². The molecular weight excluding hydrogens is 442 g/mol. The highest BCUT2D eigenvalue weighted by Gasteiger charge is 2.17. The minimum atomic E-state index is -4.01. The van der Waals surface area contributed by atoms with Gasteiger partial charge in [-0.05, 0) is 66.2 Å². The first-order chi connectivity index (χ1) is 14.7. The molecule has 3 aromatic carbocycles. The molecule has 0 amide bonds. The van der Waals surface area contributed by atoms with Crippen molar-refractivity contribution in [1.82, 2.24) is 4.72 Å². The standard InChI is InChI=1S/C21H21NO7S2/c1-27-17-7-11-20(12-8-17)30(23,24)22-15-16-3-5-19(6-4-16)29-31(25,26)21-13-9-18(28-2)10-14-21/h3-14,22H,15H2,1-2H3. The summed E-state index contributed by atoms with van der Waals surface area (Å²) >= 11 is 0. The zero-order valence-corrected chi connectivity index (χ0v) is 18.4. The maximum Gasteiger partial charge on any atom is 0.339 e. The Labute approximate surface area is 181 Å². The Morgan fingerprint density at radius 1 is 0.645 bits per heavy atom. The molecule has 0 spiro atoms. The fourth-order valence-electron chi connectivity index (χ4n) is 2.60. The third-order valence-corrected chi connectivity index (χ3v) is 6.99. The molecule has 0 atom stereocenters. The van der Waals surface area contributed by atoms with Crippen molar-refractivity contribution < 1.29 is 30.5 Å². The predicted molar refractivity (Wildman–Crippen MR) is 114 cm³/mol. The summed E-state index contributed by atoms with van der Waals surface area (Å²) in [5.41, 5.74) is 0.631. The van der Waals surface area contributed by atoms with Crippen LogP contribution in [-0.2, 0) is 26.7 Å². The van der Waals surface area contributed by atoms with E-state index >= 15 is 0 Å². The Hall–Kier alpha value is -3.08. The Kier molecular flexibility index (Phi) is 6.84. The largest absolute Gasteiger partial charge is 0.497 e. The third-order valence-electron chi connectivity index (χ3n) is 4.31. The van der Waals surface area contributed by atoms with Crippen LogP contribution in [0.1, 0.15) is 5.56 Å². The van der Waals surface area contributed by atoms with Crippen LogP contribution in [0.4, 0.5) is 0 Å². The van der Waals surface area contributed by atoms with E-state index in [0.717, 1.165) is 0 Å². The van der Waals surface area contributed by atoms with Crippen LogP contribution in [-0.4, -0.2) is 31.1 Å². The minimum Gasteiger partial charge on any atom is -0.497 e. The SMILES string of the molecule is COc1ccc(S(=O)(=O)NCc2ccc(OS(=O)(=O)c3ccc(OC)cc3)cc2)cc1. The first-order valence-corrected chi connectivity index (χ1v) is 11.9. The second-order valence-electron chi connectivity index (χ2n) is 6.36. The van der Waals surface area contributed by atoms with Crippen LogP contribution in [0.2, 0.25) is 0 Å². The second-order valence-corrected chi connectivity index (χ2v) is 9.67. The lowest BCUT2D eigenvalue weighted by molar-refractivity contribution is 0.414. The lowest BCUT2D eigenvalue weighted by Crippen LogP contribution is -2.23. The Morgan fingerprint density at radius 3 is 1.58 bits per heavy atom. The van der Waals surface area contributed by atoms with E-state index in [2.05, 4.69) is 4.72 Å². The third kappa shape index (κ3) is 5.75. The molecule has 0 aliphatic heterocycles. The van der Waals surface area contributed by atoms with Crippen LogP contribution in [0.5, 0.6) is 17.2 Å². The summed E-state index contributed by atoms with van der Waals surface area (Å²) in [6.07, 6.45) is 0. The minimum absolute atomic E-state index is 0.00960. The highest BCUT2D eigenvalue weighted by atomic mass is 32.2. The summed E-state index contributed by atoms with van der Waals surface area (Å²) in [5.74, 6) is 1.19. The number of sulfonamides is 1. The first-order valence-electron chi connectivity index (χ1n) is 9.05. The highest BCUT2D eigenvalue weighted by molar-refractivity contribution is 7.89. The molecule has 0 saturated heterocycles. The maximum absolute atomic E-state index is 12.4. The van der Waals surface area contributed by atoms with Crippen molar-refractivity contribution in [3.63, 3.8) is 0 Å². The normalized spacial score (nSPS) is 11.7. The fraction of sp³-hybridized carbons (Fsp3) is 0.143. The zero-order valence-electron chi connectivity index (χ0n) is 16.8. The topological polar surface area (TPSA) is 108 Å². The molecule has 0 aromatic heterocycles.